The Kier molecular flexibility index (Phi) is 1.83. The van der Waals surface area contributed by atoms with Gasteiger partial charge in [0.15, 0.2) is 0 Å². The summed E-state index contributed by atoms with van der Waals surface area (Å²) in [7, 11) is 0. The molecule has 4 rings (SSSR count). The van der Waals surface area contributed by atoms with Crippen LogP contribution in [0.3, 0.4) is 0 Å². The average molecular weight is 233 g/mol. The van der Waals surface area contributed by atoms with E-state index in [4.69, 9.17) is 0 Å². The van der Waals surface area contributed by atoms with E-state index in [0.29, 0.717) is 0 Å². The van der Waals surface area contributed by atoms with E-state index in [-0.39, 0.29) is 0 Å². The number of hydrogen-bond acceptors (Lipinski definition) is 1. The van der Waals surface area contributed by atoms with Crippen LogP contribution in [0.25, 0.3) is 34.2 Å². The molecule has 0 saturated heterocycles. The van der Waals surface area contributed by atoms with Gasteiger partial charge >= 0.3 is 0 Å². The maximum Gasteiger partial charge on any atom is 0.0658 e. The zero-order chi connectivity index (χ0) is 11.9. The molecule has 4 heterocycles. The first kappa shape index (κ1) is 9.48. The third-order valence-electron chi connectivity index (χ3n) is 3.06. The summed E-state index contributed by atoms with van der Waals surface area (Å²) in [5.74, 6) is 0. The number of aromatic nitrogens is 3. The lowest BCUT2D eigenvalue weighted by Crippen LogP contribution is -1.74. The van der Waals surface area contributed by atoms with Gasteiger partial charge in [-0.2, -0.15) is 0 Å². The maximum atomic E-state index is 4.55. The van der Waals surface area contributed by atoms with Gasteiger partial charge in [-0.1, -0.05) is 0 Å². The Balaban J connectivity index is 2.19. The van der Waals surface area contributed by atoms with Crippen molar-refractivity contribution in [2.75, 3.05) is 0 Å². The third-order valence-corrected chi connectivity index (χ3v) is 3.06. The van der Waals surface area contributed by atoms with Crippen LogP contribution in [0.2, 0.25) is 0 Å². The molecule has 0 spiro atoms. The average Bonchev–Trinajstić information content (AvgIpc) is 3.04. The number of nitrogens with zero attached hydrogens (tertiary/aromatic N) is 1. The minimum atomic E-state index is 0.974. The summed E-state index contributed by atoms with van der Waals surface area (Å²) >= 11 is 0. The van der Waals surface area contributed by atoms with E-state index < -0.39 is 0 Å². The van der Waals surface area contributed by atoms with Gasteiger partial charge in [0.05, 0.1) is 11.4 Å². The summed E-state index contributed by atoms with van der Waals surface area (Å²) in [6.45, 7) is 0. The predicted molar refractivity (Wildman–Crippen MR) is 74.5 cm³/mol. The number of nitrogens with one attached hydrogen (secondary N) is 2. The number of rotatable bonds is 0. The smallest absolute Gasteiger partial charge is 0.0658 e. The van der Waals surface area contributed by atoms with Crippen LogP contribution in [-0.4, -0.2) is 15.0 Å². The Bertz CT molecular complexity index is 769. The summed E-state index contributed by atoms with van der Waals surface area (Å²) < 4.78 is 0. The molecular formula is C15H11N3. The second-order valence-corrected chi connectivity index (χ2v) is 4.47. The lowest BCUT2D eigenvalue weighted by atomic mass is 10.3. The Morgan fingerprint density at radius 1 is 0.611 bits per heavy atom. The van der Waals surface area contributed by atoms with Crippen molar-refractivity contribution in [2.24, 2.45) is 0 Å². The van der Waals surface area contributed by atoms with Gasteiger partial charge in [-0.25, -0.2) is 4.98 Å². The quantitative estimate of drug-likeness (QED) is 0.478. The molecule has 6 bridgehead atoms. The first-order chi connectivity index (χ1) is 8.85. The van der Waals surface area contributed by atoms with Gasteiger partial charge < -0.3 is 9.97 Å². The van der Waals surface area contributed by atoms with Crippen LogP contribution in [0, 0.1) is 0 Å². The highest BCUT2D eigenvalue weighted by Gasteiger charge is 1.98. The third kappa shape index (κ3) is 1.57. The summed E-state index contributed by atoms with van der Waals surface area (Å²) in [4.78, 5) is 11.2. The van der Waals surface area contributed by atoms with Crippen molar-refractivity contribution in [3.8, 4) is 0 Å². The van der Waals surface area contributed by atoms with Crippen molar-refractivity contribution >= 4 is 34.2 Å². The summed E-state index contributed by atoms with van der Waals surface area (Å²) in [6, 6.07) is 14.5. The maximum absolute atomic E-state index is 4.55. The van der Waals surface area contributed by atoms with Gasteiger partial charge in [-0.05, 0) is 54.6 Å². The van der Waals surface area contributed by atoms with Crippen molar-refractivity contribution in [2.45, 2.75) is 0 Å². The molecule has 0 radical (unpaired) electrons. The van der Waals surface area contributed by atoms with Crippen molar-refractivity contribution in [3.63, 3.8) is 0 Å². The van der Waals surface area contributed by atoms with Crippen LogP contribution in [0.1, 0.15) is 11.4 Å². The first-order valence-electron chi connectivity index (χ1n) is 5.91. The van der Waals surface area contributed by atoms with Crippen LogP contribution in [0.5, 0.6) is 0 Å². The molecule has 3 heteroatoms. The number of hydrogen-bond donors (Lipinski definition) is 2. The van der Waals surface area contributed by atoms with E-state index in [9.17, 15) is 0 Å². The van der Waals surface area contributed by atoms with Gasteiger partial charge in [0.1, 0.15) is 0 Å². The molecule has 0 fully saturated rings. The molecule has 1 aliphatic heterocycles. The highest BCUT2D eigenvalue weighted by Crippen LogP contribution is 2.15. The van der Waals surface area contributed by atoms with Crippen molar-refractivity contribution in [1.82, 2.24) is 15.0 Å². The van der Waals surface area contributed by atoms with Crippen molar-refractivity contribution in [3.05, 3.63) is 53.9 Å². The molecule has 86 valence electrons. The fourth-order valence-corrected chi connectivity index (χ4v) is 2.24. The van der Waals surface area contributed by atoms with Gasteiger partial charge in [0.2, 0.25) is 0 Å². The van der Waals surface area contributed by atoms with E-state index >= 15 is 0 Å². The monoisotopic (exact) mass is 233 g/mol. The highest BCUT2D eigenvalue weighted by atomic mass is 14.7. The number of fused-ring (bicyclic) bond motifs is 6. The van der Waals surface area contributed by atoms with Crippen molar-refractivity contribution < 1.29 is 0 Å². The van der Waals surface area contributed by atoms with Crippen LogP contribution < -0.4 is 0 Å². The standard InChI is InChI=1S/C15H11N3/c1-2-11-8-13-5-6-15(18-13)9-14-4-3-12(17-14)7-10(1)16-11/h1-9,16-17H. The predicted octanol–water partition coefficient (Wildman–Crippen LogP) is 3.65. The molecule has 2 N–H and O–H groups in total. The minimum absolute atomic E-state index is 0.974. The van der Waals surface area contributed by atoms with Gasteiger partial charge in [0, 0.05) is 22.1 Å². The lowest BCUT2D eigenvalue weighted by molar-refractivity contribution is 1.32. The molecule has 0 aromatic carbocycles. The Labute approximate surface area is 104 Å². The van der Waals surface area contributed by atoms with Crippen LogP contribution in [0.4, 0.5) is 0 Å². The van der Waals surface area contributed by atoms with Crippen LogP contribution in [-0.2, 0) is 0 Å². The number of H-pyrrole nitrogens is 2. The van der Waals surface area contributed by atoms with E-state index in [1.807, 2.05) is 24.3 Å². The molecule has 0 aliphatic carbocycles. The molecule has 3 aromatic heterocycles. The normalized spacial score (nSPS) is 12.2. The highest BCUT2D eigenvalue weighted by molar-refractivity contribution is 5.76. The fraction of sp³-hybridized carbons (Fsp3) is 0. The molecule has 0 saturated carbocycles. The molecular weight excluding hydrogens is 222 g/mol. The lowest BCUT2D eigenvalue weighted by Gasteiger charge is -1.85. The molecule has 0 unspecified atom stereocenters. The molecule has 18 heavy (non-hydrogen) atoms. The summed E-state index contributed by atoms with van der Waals surface area (Å²) in [5.41, 5.74) is 6.25. The van der Waals surface area contributed by atoms with E-state index in [0.717, 1.165) is 33.5 Å². The van der Waals surface area contributed by atoms with Gasteiger partial charge in [-0.3, -0.25) is 0 Å². The second-order valence-electron chi connectivity index (χ2n) is 4.47. The van der Waals surface area contributed by atoms with E-state index in [1.54, 1.807) is 0 Å². The molecule has 0 atom stereocenters. The SMILES string of the molecule is C1=Cc2cc3ccc(cc4ccc(cc1n2)[nH]4)[nH]3. The van der Waals surface area contributed by atoms with Crippen molar-refractivity contribution in [1.29, 1.82) is 0 Å². The van der Waals surface area contributed by atoms with E-state index in [1.165, 1.54) is 0 Å². The molecule has 0 amide bonds. The van der Waals surface area contributed by atoms with Gasteiger partial charge in [0.25, 0.3) is 0 Å². The molecule has 1 aliphatic rings. The topological polar surface area (TPSA) is 44.5 Å². The first-order valence-corrected chi connectivity index (χ1v) is 5.91. The summed E-state index contributed by atoms with van der Waals surface area (Å²) in [5, 5.41) is 0. The van der Waals surface area contributed by atoms with Gasteiger partial charge in [-0.15, -0.1) is 0 Å². The Morgan fingerprint density at radius 2 is 1.06 bits per heavy atom. The Morgan fingerprint density at radius 3 is 1.56 bits per heavy atom. The largest absolute Gasteiger partial charge is 0.355 e. The zero-order valence-electron chi connectivity index (χ0n) is 9.64. The zero-order valence-corrected chi connectivity index (χ0v) is 9.64. The summed E-state index contributed by atoms with van der Waals surface area (Å²) in [6.07, 6.45) is 4.05. The Hall–Kier alpha value is -2.55. The molecule has 3 aromatic rings. The van der Waals surface area contributed by atoms with Crippen LogP contribution in [0.15, 0.2) is 42.5 Å². The molecule has 3 nitrogen and oxygen atoms in total. The number of aromatic amines is 2. The minimum Gasteiger partial charge on any atom is -0.355 e. The van der Waals surface area contributed by atoms with Crippen LogP contribution >= 0.6 is 0 Å². The van der Waals surface area contributed by atoms with E-state index in [2.05, 4.69) is 45.3 Å². The fourth-order valence-electron chi connectivity index (χ4n) is 2.24. The second kappa shape index (κ2) is 3.47.